The van der Waals surface area contributed by atoms with E-state index in [0.29, 0.717) is 29.7 Å². The zero-order chi connectivity index (χ0) is 20.5. The number of carbonyl (C=O) groups is 1. The molecule has 2 unspecified atom stereocenters. The maximum Gasteiger partial charge on any atom is 0.252 e. The number of ether oxygens (including phenoxy) is 1. The molecule has 0 spiro atoms. The lowest BCUT2D eigenvalue weighted by Gasteiger charge is -2.39. The Morgan fingerprint density at radius 3 is 2.52 bits per heavy atom. The first-order valence-corrected chi connectivity index (χ1v) is 10.7. The molecule has 1 amide bonds. The number of fused-ring (bicyclic) bond motifs is 1. The molecule has 2 saturated heterocycles. The van der Waals surface area contributed by atoms with Crippen LogP contribution in [0, 0.1) is 19.8 Å². The molecule has 2 aromatic heterocycles. The molecule has 0 saturated carbocycles. The molecule has 0 N–H and O–H groups in total. The Hall–Kier alpha value is -2.06. The summed E-state index contributed by atoms with van der Waals surface area (Å²) in [6, 6.07) is 1.97. The number of hydrogen-bond donors (Lipinski definition) is 0. The highest BCUT2D eigenvalue weighted by Crippen LogP contribution is 2.21. The summed E-state index contributed by atoms with van der Waals surface area (Å²) in [7, 11) is 0. The van der Waals surface area contributed by atoms with E-state index in [2.05, 4.69) is 33.8 Å². The second-order valence-electron chi connectivity index (χ2n) is 8.76. The number of amides is 1. The number of aryl methyl sites for hydroxylation is 2. The van der Waals surface area contributed by atoms with Gasteiger partial charge in [0.2, 0.25) is 5.91 Å². The van der Waals surface area contributed by atoms with Crippen LogP contribution < -0.4 is 0 Å². The minimum atomic E-state index is 0.113. The van der Waals surface area contributed by atoms with Gasteiger partial charge < -0.3 is 9.64 Å². The lowest BCUT2D eigenvalue weighted by molar-refractivity contribution is -0.132. The molecular weight excluding hydrogens is 368 g/mol. The minimum Gasteiger partial charge on any atom is -0.373 e. The number of likely N-dealkylation sites (tertiary alicyclic amines) is 1. The molecule has 8 nitrogen and oxygen atoms in total. The second-order valence-corrected chi connectivity index (χ2v) is 8.76. The summed E-state index contributed by atoms with van der Waals surface area (Å²) < 4.78 is 7.55. The number of aromatic nitrogens is 4. The quantitative estimate of drug-likeness (QED) is 0.777. The van der Waals surface area contributed by atoms with E-state index >= 15 is 0 Å². The molecule has 2 aliphatic heterocycles. The van der Waals surface area contributed by atoms with E-state index in [9.17, 15) is 4.79 Å². The SMILES string of the molecule is Cc1cc(C)n2nc(CC(=O)N3CCC(CN4CC(C)OC(C)C4)CC3)nc2n1. The zero-order valence-corrected chi connectivity index (χ0v) is 18.0. The Kier molecular flexibility index (Phi) is 5.83. The van der Waals surface area contributed by atoms with Gasteiger partial charge in [0.15, 0.2) is 5.82 Å². The number of nitrogens with zero attached hydrogens (tertiary/aromatic N) is 6. The van der Waals surface area contributed by atoms with Crippen LogP contribution in [0.3, 0.4) is 0 Å². The van der Waals surface area contributed by atoms with E-state index in [1.54, 1.807) is 4.52 Å². The fourth-order valence-corrected chi connectivity index (χ4v) is 4.69. The molecule has 2 atom stereocenters. The first-order chi connectivity index (χ1) is 13.9. The van der Waals surface area contributed by atoms with Gasteiger partial charge in [0, 0.05) is 44.1 Å². The number of piperidine rings is 1. The average molecular weight is 401 g/mol. The van der Waals surface area contributed by atoms with Crippen LogP contribution >= 0.6 is 0 Å². The third-order valence-corrected chi connectivity index (χ3v) is 5.95. The van der Waals surface area contributed by atoms with Crippen molar-refractivity contribution < 1.29 is 9.53 Å². The van der Waals surface area contributed by atoms with Gasteiger partial charge in [-0.1, -0.05) is 0 Å². The van der Waals surface area contributed by atoms with Crippen molar-refractivity contribution in [1.29, 1.82) is 0 Å². The lowest BCUT2D eigenvalue weighted by atomic mass is 9.95. The predicted octanol–water partition coefficient (Wildman–Crippen LogP) is 1.63. The van der Waals surface area contributed by atoms with E-state index in [0.717, 1.165) is 57.0 Å². The lowest BCUT2D eigenvalue weighted by Crippen LogP contribution is -2.48. The molecule has 0 aromatic carbocycles. The van der Waals surface area contributed by atoms with E-state index in [1.165, 1.54) is 0 Å². The van der Waals surface area contributed by atoms with Crippen molar-refractivity contribution in [1.82, 2.24) is 29.4 Å². The van der Waals surface area contributed by atoms with Crippen molar-refractivity contribution in [2.45, 2.75) is 59.2 Å². The van der Waals surface area contributed by atoms with E-state index in [1.807, 2.05) is 24.8 Å². The molecule has 4 heterocycles. The molecule has 8 heteroatoms. The Morgan fingerprint density at radius 2 is 1.83 bits per heavy atom. The van der Waals surface area contributed by atoms with Gasteiger partial charge in [0.1, 0.15) is 0 Å². The van der Waals surface area contributed by atoms with Crippen molar-refractivity contribution in [3.8, 4) is 0 Å². The van der Waals surface area contributed by atoms with Crippen molar-refractivity contribution in [2.24, 2.45) is 5.92 Å². The molecular formula is C21H32N6O2. The fourth-order valence-electron chi connectivity index (χ4n) is 4.69. The largest absolute Gasteiger partial charge is 0.373 e. The summed E-state index contributed by atoms with van der Waals surface area (Å²) in [6.07, 6.45) is 2.97. The first-order valence-electron chi connectivity index (χ1n) is 10.7. The summed E-state index contributed by atoms with van der Waals surface area (Å²) in [5.41, 5.74) is 1.89. The minimum absolute atomic E-state index is 0.113. The molecule has 0 radical (unpaired) electrons. The van der Waals surface area contributed by atoms with Crippen LogP contribution in [0.1, 0.15) is 43.9 Å². The van der Waals surface area contributed by atoms with Gasteiger partial charge in [-0.3, -0.25) is 9.69 Å². The molecule has 29 heavy (non-hydrogen) atoms. The van der Waals surface area contributed by atoms with Gasteiger partial charge in [0.25, 0.3) is 5.78 Å². The summed E-state index contributed by atoms with van der Waals surface area (Å²) in [5.74, 6) is 1.88. The average Bonchev–Trinajstić information content (AvgIpc) is 3.04. The van der Waals surface area contributed by atoms with Crippen molar-refractivity contribution >= 4 is 11.7 Å². The van der Waals surface area contributed by atoms with Crippen LogP contribution in [-0.4, -0.2) is 80.2 Å². The second kappa shape index (κ2) is 8.36. The Labute approximate surface area is 172 Å². The molecule has 2 fully saturated rings. The van der Waals surface area contributed by atoms with Crippen LogP contribution in [-0.2, 0) is 16.0 Å². The highest BCUT2D eigenvalue weighted by Gasteiger charge is 2.28. The molecule has 0 bridgehead atoms. The maximum absolute atomic E-state index is 12.8. The zero-order valence-electron chi connectivity index (χ0n) is 18.0. The third kappa shape index (κ3) is 4.75. The third-order valence-electron chi connectivity index (χ3n) is 5.95. The van der Waals surface area contributed by atoms with Crippen molar-refractivity contribution in [3.05, 3.63) is 23.3 Å². The monoisotopic (exact) mass is 400 g/mol. The summed E-state index contributed by atoms with van der Waals surface area (Å²) in [5, 5.41) is 4.47. The molecule has 2 aliphatic rings. The Morgan fingerprint density at radius 1 is 1.14 bits per heavy atom. The molecule has 158 valence electrons. The molecule has 0 aliphatic carbocycles. The van der Waals surface area contributed by atoms with Crippen LogP contribution in [0.5, 0.6) is 0 Å². The summed E-state index contributed by atoms with van der Waals surface area (Å²) >= 11 is 0. The summed E-state index contributed by atoms with van der Waals surface area (Å²) in [6.45, 7) is 13.0. The fraction of sp³-hybridized carbons (Fsp3) is 0.714. The van der Waals surface area contributed by atoms with Crippen molar-refractivity contribution in [3.63, 3.8) is 0 Å². The predicted molar refractivity (Wildman–Crippen MR) is 110 cm³/mol. The Balaban J connectivity index is 1.29. The van der Waals surface area contributed by atoms with Crippen LogP contribution in [0.15, 0.2) is 6.07 Å². The maximum atomic E-state index is 12.8. The van der Waals surface area contributed by atoms with E-state index < -0.39 is 0 Å². The number of morpholine rings is 1. The summed E-state index contributed by atoms with van der Waals surface area (Å²) in [4.78, 5) is 26.1. The highest BCUT2D eigenvalue weighted by molar-refractivity contribution is 5.78. The van der Waals surface area contributed by atoms with Gasteiger partial charge >= 0.3 is 0 Å². The van der Waals surface area contributed by atoms with Gasteiger partial charge in [-0.15, -0.1) is 5.10 Å². The van der Waals surface area contributed by atoms with Gasteiger partial charge in [-0.05, 0) is 52.5 Å². The van der Waals surface area contributed by atoms with Gasteiger partial charge in [0.05, 0.1) is 18.6 Å². The highest BCUT2D eigenvalue weighted by atomic mass is 16.5. The number of rotatable bonds is 4. The number of hydrogen-bond acceptors (Lipinski definition) is 6. The normalized spacial score (nSPS) is 24.3. The smallest absolute Gasteiger partial charge is 0.252 e. The standard InChI is InChI=1S/C21H32N6O2/c1-14-9-15(2)27-21(22-14)23-19(24-27)10-20(28)26-7-5-18(6-8-26)13-25-11-16(3)29-17(4)12-25/h9,16-18H,5-8,10-13H2,1-4H3. The van der Waals surface area contributed by atoms with E-state index in [-0.39, 0.29) is 12.3 Å². The van der Waals surface area contributed by atoms with Crippen LogP contribution in [0.25, 0.3) is 5.78 Å². The topological polar surface area (TPSA) is 75.9 Å². The first kappa shape index (κ1) is 20.2. The van der Waals surface area contributed by atoms with E-state index in [4.69, 9.17) is 4.74 Å². The number of carbonyl (C=O) groups excluding carboxylic acids is 1. The van der Waals surface area contributed by atoms with Gasteiger partial charge in [-0.2, -0.15) is 4.98 Å². The molecule has 2 aromatic rings. The van der Waals surface area contributed by atoms with Crippen LogP contribution in [0.2, 0.25) is 0 Å². The van der Waals surface area contributed by atoms with Crippen molar-refractivity contribution in [2.75, 3.05) is 32.7 Å². The Bertz CT molecular complexity index is 863. The van der Waals surface area contributed by atoms with Gasteiger partial charge in [-0.25, -0.2) is 9.50 Å². The molecule has 4 rings (SSSR count). The van der Waals surface area contributed by atoms with Crippen LogP contribution in [0.4, 0.5) is 0 Å².